The molecule has 0 fully saturated rings. The lowest BCUT2D eigenvalue weighted by Crippen LogP contribution is -2.43. The Kier molecular flexibility index (Phi) is 6.44. The van der Waals surface area contributed by atoms with Gasteiger partial charge in [-0.3, -0.25) is 9.59 Å². The number of ketones is 1. The maximum Gasteiger partial charge on any atom is 0.336 e. The van der Waals surface area contributed by atoms with Crippen LogP contribution in [0.15, 0.2) is 46.8 Å². The molecule has 0 spiro atoms. The molecule has 6 heteroatoms. The summed E-state index contributed by atoms with van der Waals surface area (Å²) in [6.45, 7) is 7.89. The van der Waals surface area contributed by atoms with E-state index in [-0.39, 0.29) is 11.7 Å². The largest absolute Gasteiger partial charge is 0.468 e. The maximum absolute atomic E-state index is 13.6. The van der Waals surface area contributed by atoms with Gasteiger partial charge in [0.25, 0.3) is 0 Å². The highest BCUT2D eigenvalue weighted by molar-refractivity contribution is 6.12. The van der Waals surface area contributed by atoms with Gasteiger partial charge in [0.1, 0.15) is 5.92 Å². The Balaban J connectivity index is 2.18. The normalized spacial score (nSPS) is 23.6. The van der Waals surface area contributed by atoms with Crippen molar-refractivity contribution in [3.8, 4) is 0 Å². The summed E-state index contributed by atoms with van der Waals surface area (Å²) >= 11 is 0. The molecule has 2 aliphatic rings. The lowest BCUT2D eigenvalue weighted by molar-refractivity contribution is -0.151. The fourth-order valence-electron chi connectivity index (χ4n) is 4.45. The highest BCUT2D eigenvalue weighted by Crippen LogP contribution is 2.46. The zero-order valence-corrected chi connectivity index (χ0v) is 18.2. The van der Waals surface area contributed by atoms with Crippen LogP contribution in [-0.4, -0.2) is 31.4 Å². The number of hydrogen-bond acceptors (Lipinski definition) is 6. The van der Waals surface area contributed by atoms with E-state index in [9.17, 15) is 14.4 Å². The van der Waals surface area contributed by atoms with E-state index in [1.807, 2.05) is 52.0 Å². The summed E-state index contributed by atoms with van der Waals surface area (Å²) in [5.41, 5.74) is 4.16. The molecule has 3 rings (SSSR count). The molecule has 160 valence electrons. The highest BCUT2D eigenvalue weighted by Gasteiger charge is 2.47. The molecular formula is C24H29NO5. The fourth-order valence-corrected chi connectivity index (χ4v) is 4.45. The quantitative estimate of drug-likeness (QED) is 0.589. The summed E-state index contributed by atoms with van der Waals surface area (Å²) in [4.78, 5) is 39.0. The smallest absolute Gasteiger partial charge is 0.336 e. The molecule has 0 saturated heterocycles. The summed E-state index contributed by atoms with van der Waals surface area (Å²) in [6.07, 6.45) is 1.23. The highest BCUT2D eigenvalue weighted by atomic mass is 16.5. The lowest BCUT2D eigenvalue weighted by Gasteiger charge is -2.38. The van der Waals surface area contributed by atoms with Gasteiger partial charge >= 0.3 is 11.9 Å². The Morgan fingerprint density at radius 2 is 1.90 bits per heavy atom. The summed E-state index contributed by atoms with van der Waals surface area (Å²) in [5.74, 6) is -2.93. The third-order valence-electron chi connectivity index (χ3n) is 5.90. The molecule has 1 heterocycles. The first-order valence-corrected chi connectivity index (χ1v) is 10.4. The summed E-state index contributed by atoms with van der Waals surface area (Å²) < 4.78 is 10.4. The lowest BCUT2D eigenvalue weighted by atomic mass is 9.68. The van der Waals surface area contributed by atoms with Gasteiger partial charge in [-0.15, -0.1) is 0 Å². The van der Waals surface area contributed by atoms with E-state index in [0.717, 1.165) is 16.8 Å². The third kappa shape index (κ3) is 3.78. The van der Waals surface area contributed by atoms with Gasteiger partial charge in [0.05, 0.1) is 19.3 Å². The van der Waals surface area contributed by atoms with Crippen molar-refractivity contribution in [3.05, 3.63) is 57.9 Å². The maximum atomic E-state index is 13.6. The molecule has 0 radical (unpaired) electrons. The second-order valence-electron chi connectivity index (χ2n) is 8.03. The summed E-state index contributed by atoms with van der Waals surface area (Å²) in [5, 5.41) is 3.27. The summed E-state index contributed by atoms with van der Waals surface area (Å²) in [7, 11) is 1.29. The topological polar surface area (TPSA) is 81.7 Å². The molecule has 3 atom stereocenters. The molecule has 1 aliphatic carbocycles. The number of nitrogens with one attached hydrogen (secondary N) is 1. The molecule has 1 aromatic rings. The Morgan fingerprint density at radius 1 is 1.20 bits per heavy atom. The van der Waals surface area contributed by atoms with Crippen LogP contribution in [-0.2, 0) is 23.9 Å². The van der Waals surface area contributed by atoms with Gasteiger partial charge in [-0.2, -0.15) is 0 Å². The van der Waals surface area contributed by atoms with E-state index in [2.05, 4.69) is 5.32 Å². The molecule has 0 amide bonds. The molecule has 0 saturated carbocycles. The predicted octanol–water partition coefficient (Wildman–Crippen LogP) is 3.56. The van der Waals surface area contributed by atoms with Crippen LogP contribution >= 0.6 is 0 Å². The molecule has 0 aromatic heterocycles. The first-order chi connectivity index (χ1) is 14.3. The van der Waals surface area contributed by atoms with Gasteiger partial charge in [0.15, 0.2) is 5.78 Å². The van der Waals surface area contributed by atoms with Crippen LogP contribution in [0.1, 0.15) is 50.7 Å². The second-order valence-corrected chi connectivity index (χ2v) is 8.03. The van der Waals surface area contributed by atoms with Gasteiger partial charge in [-0.25, -0.2) is 4.79 Å². The fraction of sp³-hybridized carbons (Fsp3) is 0.458. The number of hydrogen-bond donors (Lipinski definition) is 1. The number of ether oxygens (including phenoxy) is 2. The van der Waals surface area contributed by atoms with Crippen molar-refractivity contribution in [2.45, 2.75) is 46.5 Å². The minimum absolute atomic E-state index is 0.199. The predicted molar refractivity (Wildman–Crippen MR) is 112 cm³/mol. The van der Waals surface area contributed by atoms with Gasteiger partial charge in [0, 0.05) is 22.9 Å². The van der Waals surface area contributed by atoms with Gasteiger partial charge in [-0.1, -0.05) is 38.1 Å². The van der Waals surface area contributed by atoms with Crippen LogP contribution in [0.4, 0.5) is 0 Å². The average molecular weight is 411 g/mol. The average Bonchev–Trinajstić information content (AvgIpc) is 2.71. The van der Waals surface area contributed by atoms with Crippen LogP contribution in [0.2, 0.25) is 0 Å². The number of methoxy groups -OCH3 is 1. The SMILES string of the molecule is CCCOC(=O)C1=C(C)NC2=C(C(=O)C(C(=O)OC)C(C)C2)C1c1ccccc1C. The van der Waals surface area contributed by atoms with Crippen LogP contribution in [0.3, 0.4) is 0 Å². The van der Waals surface area contributed by atoms with E-state index >= 15 is 0 Å². The Morgan fingerprint density at radius 3 is 2.53 bits per heavy atom. The Hall–Kier alpha value is -2.89. The number of dihydropyridines is 1. The molecule has 3 unspecified atom stereocenters. The monoisotopic (exact) mass is 411 g/mol. The van der Waals surface area contributed by atoms with Crippen molar-refractivity contribution in [1.29, 1.82) is 0 Å². The minimum atomic E-state index is -0.881. The van der Waals surface area contributed by atoms with Gasteiger partial charge in [-0.05, 0) is 43.7 Å². The number of benzene rings is 1. The number of carbonyl (C=O) groups is 3. The Labute approximate surface area is 177 Å². The number of carbonyl (C=O) groups excluding carboxylic acids is 3. The molecule has 30 heavy (non-hydrogen) atoms. The zero-order valence-electron chi connectivity index (χ0n) is 18.2. The van der Waals surface area contributed by atoms with Crippen molar-refractivity contribution in [3.63, 3.8) is 0 Å². The van der Waals surface area contributed by atoms with E-state index in [1.165, 1.54) is 7.11 Å². The van der Waals surface area contributed by atoms with Crippen molar-refractivity contribution in [1.82, 2.24) is 5.32 Å². The Bertz CT molecular complexity index is 943. The third-order valence-corrected chi connectivity index (χ3v) is 5.90. The molecule has 0 bridgehead atoms. The standard InChI is InChI=1S/C24H29NO5/c1-6-11-30-24(28)19-15(4)25-17-12-14(3)18(23(27)29-5)22(26)21(17)20(19)16-10-8-7-9-13(16)2/h7-10,14,18,20,25H,6,11-12H2,1-5H3. The first kappa shape index (κ1) is 21.8. The van der Waals surface area contributed by atoms with Crippen molar-refractivity contribution < 1.29 is 23.9 Å². The van der Waals surface area contributed by atoms with Crippen molar-refractivity contribution in [2.75, 3.05) is 13.7 Å². The van der Waals surface area contributed by atoms with Crippen LogP contribution < -0.4 is 5.32 Å². The molecule has 6 nitrogen and oxygen atoms in total. The first-order valence-electron chi connectivity index (χ1n) is 10.4. The van der Waals surface area contributed by atoms with E-state index in [1.54, 1.807) is 0 Å². The number of Topliss-reactive ketones (excluding diaryl/α,β-unsaturated/α-hetero) is 1. The zero-order chi connectivity index (χ0) is 22.0. The van der Waals surface area contributed by atoms with E-state index in [0.29, 0.717) is 36.3 Å². The summed E-state index contributed by atoms with van der Waals surface area (Å²) in [6, 6.07) is 7.69. The number of rotatable bonds is 5. The van der Waals surface area contributed by atoms with Gasteiger partial charge in [0.2, 0.25) is 0 Å². The van der Waals surface area contributed by atoms with E-state index < -0.39 is 23.8 Å². The minimum Gasteiger partial charge on any atom is -0.468 e. The van der Waals surface area contributed by atoms with Crippen molar-refractivity contribution in [2.24, 2.45) is 11.8 Å². The number of aryl methyl sites for hydroxylation is 1. The number of esters is 2. The second kappa shape index (κ2) is 8.86. The van der Waals surface area contributed by atoms with E-state index in [4.69, 9.17) is 9.47 Å². The van der Waals surface area contributed by atoms with Crippen LogP contribution in [0, 0.1) is 18.8 Å². The van der Waals surface area contributed by atoms with Gasteiger partial charge < -0.3 is 14.8 Å². The molecule has 1 N–H and O–H groups in total. The van der Waals surface area contributed by atoms with Crippen LogP contribution in [0.25, 0.3) is 0 Å². The van der Waals surface area contributed by atoms with Crippen LogP contribution in [0.5, 0.6) is 0 Å². The molecule has 1 aromatic carbocycles. The molecular weight excluding hydrogens is 382 g/mol. The molecule has 1 aliphatic heterocycles. The number of allylic oxidation sites excluding steroid dienone is 3. The van der Waals surface area contributed by atoms with Crippen molar-refractivity contribution >= 4 is 17.7 Å².